The smallest absolute Gasteiger partial charge is 0.0114 e. The van der Waals surface area contributed by atoms with Crippen LogP contribution in [0.15, 0.2) is 30.3 Å². The predicted octanol–water partition coefficient (Wildman–Crippen LogP) is 2.67. The Bertz CT molecular complexity index is 438. The molecular formula is C17H24N2. The normalized spacial score (nSPS) is 36.4. The molecular weight excluding hydrogens is 232 g/mol. The summed E-state index contributed by atoms with van der Waals surface area (Å²) in [5.74, 6) is 0. The minimum atomic E-state index is 0.459. The zero-order chi connectivity index (χ0) is 12.9. The van der Waals surface area contributed by atoms with Gasteiger partial charge in [0.05, 0.1) is 0 Å². The van der Waals surface area contributed by atoms with Crippen molar-refractivity contribution in [2.24, 2.45) is 5.73 Å². The Morgan fingerprint density at radius 2 is 1.68 bits per heavy atom. The van der Waals surface area contributed by atoms with Gasteiger partial charge in [0.25, 0.3) is 0 Å². The van der Waals surface area contributed by atoms with Crippen molar-refractivity contribution in [3.8, 4) is 0 Å². The van der Waals surface area contributed by atoms with E-state index < -0.39 is 0 Å². The maximum absolute atomic E-state index is 6.18. The van der Waals surface area contributed by atoms with Crippen LogP contribution in [0.4, 0.5) is 0 Å². The van der Waals surface area contributed by atoms with Crippen molar-refractivity contribution >= 4 is 0 Å². The first-order valence-electron chi connectivity index (χ1n) is 7.84. The summed E-state index contributed by atoms with van der Waals surface area (Å²) in [5.41, 5.74) is 8.22. The van der Waals surface area contributed by atoms with Gasteiger partial charge in [-0.15, -0.1) is 0 Å². The fourth-order valence-corrected chi connectivity index (χ4v) is 4.40. The molecule has 2 heterocycles. The topological polar surface area (TPSA) is 29.3 Å². The van der Waals surface area contributed by atoms with E-state index in [0.29, 0.717) is 11.5 Å². The lowest BCUT2D eigenvalue weighted by Gasteiger charge is -2.40. The van der Waals surface area contributed by atoms with Crippen LogP contribution >= 0.6 is 0 Å². The Kier molecular flexibility index (Phi) is 2.71. The molecule has 1 aromatic rings. The van der Waals surface area contributed by atoms with Gasteiger partial charge in [0.1, 0.15) is 0 Å². The van der Waals surface area contributed by atoms with E-state index in [1.165, 1.54) is 45.1 Å². The zero-order valence-corrected chi connectivity index (χ0v) is 11.6. The third-order valence-electron chi connectivity index (χ3n) is 5.65. The summed E-state index contributed by atoms with van der Waals surface area (Å²) in [6.45, 7) is 1.28. The largest absolute Gasteiger partial charge is 0.328 e. The molecule has 2 unspecified atom stereocenters. The second-order valence-corrected chi connectivity index (χ2v) is 6.94. The molecule has 0 amide bonds. The average Bonchev–Trinajstić information content (AvgIpc) is 3.16. The van der Waals surface area contributed by atoms with Crippen molar-refractivity contribution in [3.63, 3.8) is 0 Å². The Hall–Kier alpha value is -0.860. The summed E-state index contributed by atoms with van der Waals surface area (Å²) in [6.07, 6.45) is 7.95. The minimum absolute atomic E-state index is 0.459. The third-order valence-corrected chi connectivity index (χ3v) is 5.65. The highest BCUT2D eigenvalue weighted by Crippen LogP contribution is 2.51. The standard InChI is InChI=1S/C17H24N2/c18-14-10-15-6-7-16(11-14)19(15)12-17(8-9-17)13-4-2-1-3-5-13/h1-5,14-16H,6-12,18H2. The molecule has 19 heavy (non-hydrogen) atoms. The van der Waals surface area contributed by atoms with Crippen LogP contribution in [-0.2, 0) is 5.41 Å². The van der Waals surface area contributed by atoms with E-state index in [0.717, 1.165) is 12.1 Å². The molecule has 3 fully saturated rings. The lowest BCUT2D eigenvalue weighted by atomic mass is 9.91. The van der Waals surface area contributed by atoms with Gasteiger partial charge in [0.15, 0.2) is 0 Å². The lowest BCUT2D eigenvalue weighted by molar-refractivity contribution is 0.115. The first kappa shape index (κ1) is 11.9. The van der Waals surface area contributed by atoms with Gasteiger partial charge >= 0.3 is 0 Å². The van der Waals surface area contributed by atoms with Crippen LogP contribution < -0.4 is 5.73 Å². The van der Waals surface area contributed by atoms with Gasteiger partial charge in [-0.3, -0.25) is 4.90 Å². The van der Waals surface area contributed by atoms with Crippen LogP contribution in [0.1, 0.15) is 44.1 Å². The van der Waals surface area contributed by atoms with Crippen LogP contribution in [0.3, 0.4) is 0 Å². The molecule has 4 rings (SSSR count). The van der Waals surface area contributed by atoms with Crippen molar-refractivity contribution in [3.05, 3.63) is 35.9 Å². The second kappa shape index (κ2) is 4.32. The number of nitrogens with zero attached hydrogens (tertiary/aromatic N) is 1. The molecule has 2 aliphatic heterocycles. The van der Waals surface area contributed by atoms with Gasteiger partial charge < -0.3 is 5.73 Å². The number of benzene rings is 1. The van der Waals surface area contributed by atoms with Crippen LogP contribution in [0.2, 0.25) is 0 Å². The highest BCUT2D eigenvalue weighted by atomic mass is 15.2. The van der Waals surface area contributed by atoms with Crippen molar-refractivity contribution in [1.82, 2.24) is 4.90 Å². The fraction of sp³-hybridized carbons (Fsp3) is 0.647. The maximum Gasteiger partial charge on any atom is 0.0114 e. The van der Waals surface area contributed by atoms with Crippen LogP contribution in [-0.4, -0.2) is 29.6 Å². The summed E-state index contributed by atoms with van der Waals surface area (Å²) in [5, 5.41) is 0. The number of rotatable bonds is 3. The van der Waals surface area contributed by atoms with Crippen molar-refractivity contribution in [2.75, 3.05) is 6.54 Å². The molecule has 2 N–H and O–H groups in total. The lowest BCUT2D eigenvalue weighted by Crippen LogP contribution is -2.49. The van der Waals surface area contributed by atoms with Crippen molar-refractivity contribution in [2.45, 2.75) is 62.1 Å². The van der Waals surface area contributed by atoms with Gasteiger partial charge in [0.2, 0.25) is 0 Å². The number of piperidine rings is 1. The first-order valence-corrected chi connectivity index (χ1v) is 7.84. The summed E-state index contributed by atoms with van der Waals surface area (Å²) in [7, 11) is 0. The molecule has 0 spiro atoms. The van der Waals surface area contributed by atoms with E-state index in [1.807, 2.05) is 0 Å². The predicted molar refractivity (Wildman–Crippen MR) is 78.1 cm³/mol. The number of hydrogen-bond acceptors (Lipinski definition) is 2. The van der Waals surface area contributed by atoms with E-state index in [9.17, 15) is 0 Å². The molecule has 0 radical (unpaired) electrons. The monoisotopic (exact) mass is 256 g/mol. The first-order chi connectivity index (χ1) is 9.27. The van der Waals surface area contributed by atoms with Gasteiger partial charge in [-0.05, 0) is 44.1 Å². The van der Waals surface area contributed by atoms with E-state index in [1.54, 1.807) is 5.56 Å². The third kappa shape index (κ3) is 2.02. The van der Waals surface area contributed by atoms with E-state index in [4.69, 9.17) is 5.73 Å². The summed E-state index contributed by atoms with van der Waals surface area (Å²) in [6, 6.07) is 13.2. The fourth-order valence-electron chi connectivity index (χ4n) is 4.40. The number of fused-ring (bicyclic) bond motifs is 2. The molecule has 1 saturated carbocycles. The molecule has 102 valence electrons. The molecule has 2 atom stereocenters. The summed E-state index contributed by atoms with van der Waals surface area (Å²) in [4.78, 5) is 2.81. The Morgan fingerprint density at radius 3 is 2.26 bits per heavy atom. The SMILES string of the molecule is NC1CC2CCC(C1)N2CC1(c2ccccc2)CC1. The highest BCUT2D eigenvalue weighted by molar-refractivity contribution is 5.32. The minimum Gasteiger partial charge on any atom is -0.328 e. The Morgan fingerprint density at radius 1 is 1.05 bits per heavy atom. The van der Waals surface area contributed by atoms with Gasteiger partial charge in [0, 0.05) is 30.1 Å². The van der Waals surface area contributed by atoms with Crippen LogP contribution in [0.5, 0.6) is 0 Å². The van der Waals surface area contributed by atoms with Gasteiger partial charge in [-0.25, -0.2) is 0 Å². The molecule has 2 nitrogen and oxygen atoms in total. The van der Waals surface area contributed by atoms with Crippen LogP contribution in [0, 0.1) is 0 Å². The van der Waals surface area contributed by atoms with Crippen molar-refractivity contribution < 1.29 is 0 Å². The molecule has 0 aromatic heterocycles. The molecule has 2 bridgehead atoms. The summed E-state index contributed by atoms with van der Waals surface area (Å²) < 4.78 is 0. The van der Waals surface area contributed by atoms with Crippen LogP contribution in [0.25, 0.3) is 0 Å². The Labute approximate surface area is 116 Å². The zero-order valence-electron chi connectivity index (χ0n) is 11.6. The van der Waals surface area contributed by atoms with E-state index in [-0.39, 0.29) is 0 Å². The molecule has 2 saturated heterocycles. The second-order valence-electron chi connectivity index (χ2n) is 6.94. The van der Waals surface area contributed by atoms with Gasteiger partial charge in [-0.2, -0.15) is 0 Å². The van der Waals surface area contributed by atoms with Crippen molar-refractivity contribution in [1.29, 1.82) is 0 Å². The molecule has 3 aliphatic rings. The van der Waals surface area contributed by atoms with Gasteiger partial charge in [-0.1, -0.05) is 30.3 Å². The number of nitrogens with two attached hydrogens (primary N) is 1. The molecule has 1 aliphatic carbocycles. The summed E-state index contributed by atoms with van der Waals surface area (Å²) >= 11 is 0. The van der Waals surface area contributed by atoms with E-state index >= 15 is 0 Å². The Balaban J connectivity index is 1.53. The highest BCUT2D eigenvalue weighted by Gasteiger charge is 2.49. The molecule has 1 aromatic carbocycles. The molecule has 2 heteroatoms. The quantitative estimate of drug-likeness (QED) is 0.901. The maximum atomic E-state index is 6.18. The average molecular weight is 256 g/mol. The number of hydrogen-bond donors (Lipinski definition) is 1. The van der Waals surface area contributed by atoms with E-state index in [2.05, 4.69) is 35.2 Å².